The number of aromatic nitrogens is 2. The van der Waals surface area contributed by atoms with Gasteiger partial charge in [0.2, 0.25) is 0 Å². The molecule has 0 spiro atoms. The van der Waals surface area contributed by atoms with Gasteiger partial charge in [-0.3, -0.25) is 19.8 Å². The van der Waals surface area contributed by atoms with Crippen LogP contribution in [-0.4, -0.2) is 43.9 Å². The van der Waals surface area contributed by atoms with Crippen molar-refractivity contribution in [2.45, 2.75) is 85.5 Å². The molecule has 0 aliphatic rings. The van der Waals surface area contributed by atoms with Gasteiger partial charge in [0.05, 0.1) is 0 Å². The number of rotatable bonds is 9. The standard InChI is InChI=1S/C25H40N4/c1-8-28(24(2,3)4)19-21-13-15-27-23(17-21)12-10-16-29(25(5,6)7)20-22-11-9-14-26-18-22/h9,11,13-15,17-18H,8,10,12,16,19-20H2,1-7H3. The lowest BCUT2D eigenvalue weighted by atomic mass is 10.0. The molecular weight excluding hydrogens is 356 g/mol. The summed E-state index contributed by atoms with van der Waals surface area (Å²) in [5.74, 6) is 0. The normalized spacial score (nSPS) is 12.7. The smallest absolute Gasteiger partial charge is 0.0407 e. The molecule has 0 atom stereocenters. The maximum absolute atomic E-state index is 4.63. The molecule has 0 aromatic carbocycles. The van der Waals surface area contributed by atoms with Crippen molar-refractivity contribution in [2.24, 2.45) is 0 Å². The van der Waals surface area contributed by atoms with Crippen molar-refractivity contribution in [1.82, 2.24) is 19.8 Å². The Morgan fingerprint density at radius 1 is 0.862 bits per heavy atom. The van der Waals surface area contributed by atoms with Crippen LogP contribution in [0.1, 0.15) is 71.7 Å². The van der Waals surface area contributed by atoms with E-state index in [0.29, 0.717) is 0 Å². The van der Waals surface area contributed by atoms with E-state index in [-0.39, 0.29) is 11.1 Å². The second kappa shape index (κ2) is 10.3. The van der Waals surface area contributed by atoms with Gasteiger partial charge in [-0.05, 0) is 96.8 Å². The zero-order valence-electron chi connectivity index (χ0n) is 19.6. The molecule has 4 heteroatoms. The largest absolute Gasteiger partial charge is 0.295 e. The van der Waals surface area contributed by atoms with Crippen molar-refractivity contribution < 1.29 is 0 Å². The molecular formula is C25H40N4. The van der Waals surface area contributed by atoms with Gasteiger partial charge in [-0.1, -0.05) is 13.0 Å². The van der Waals surface area contributed by atoms with Crippen molar-refractivity contribution >= 4 is 0 Å². The SMILES string of the molecule is CCN(Cc1ccnc(CCCN(Cc2cccnc2)C(C)(C)C)c1)C(C)(C)C. The fraction of sp³-hybridized carbons (Fsp3) is 0.600. The van der Waals surface area contributed by atoms with Gasteiger partial charge < -0.3 is 0 Å². The summed E-state index contributed by atoms with van der Waals surface area (Å²) in [7, 11) is 0. The number of nitrogens with zero attached hydrogens (tertiary/aromatic N) is 4. The average molecular weight is 397 g/mol. The van der Waals surface area contributed by atoms with Crippen LogP contribution in [0.15, 0.2) is 42.9 Å². The summed E-state index contributed by atoms with van der Waals surface area (Å²) in [4.78, 5) is 13.9. The van der Waals surface area contributed by atoms with Crippen molar-refractivity contribution in [2.75, 3.05) is 13.1 Å². The highest BCUT2D eigenvalue weighted by Crippen LogP contribution is 2.19. The zero-order valence-corrected chi connectivity index (χ0v) is 19.6. The summed E-state index contributed by atoms with van der Waals surface area (Å²) >= 11 is 0. The van der Waals surface area contributed by atoms with Crippen LogP contribution < -0.4 is 0 Å². The molecule has 0 aliphatic heterocycles. The van der Waals surface area contributed by atoms with Crippen LogP contribution >= 0.6 is 0 Å². The van der Waals surface area contributed by atoms with Crippen LogP contribution in [0.2, 0.25) is 0 Å². The number of pyridine rings is 2. The molecule has 0 N–H and O–H groups in total. The van der Waals surface area contributed by atoms with Crippen molar-refractivity contribution in [1.29, 1.82) is 0 Å². The maximum Gasteiger partial charge on any atom is 0.0407 e. The third kappa shape index (κ3) is 7.87. The third-order valence-electron chi connectivity index (χ3n) is 5.49. The minimum Gasteiger partial charge on any atom is -0.295 e. The van der Waals surface area contributed by atoms with E-state index in [1.54, 1.807) is 0 Å². The molecule has 2 heterocycles. The Labute approximate surface area is 178 Å². The minimum absolute atomic E-state index is 0.124. The highest BCUT2D eigenvalue weighted by atomic mass is 15.2. The Bertz CT molecular complexity index is 728. The monoisotopic (exact) mass is 396 g/mol. The van der Waals surface area contributed by atoms with Gasteiger partial charge in [-0.15, -0.1) is 0 Å². The molecule has 0 amide bonds. The average Bonchev–Trinajstić information content (AvgIpc) is 2.65. The first-order valence-corrected chi connectivity index (χ1v) is 10.9. The van der Waals surface area contributed by atoms with E-state index in [9.17, 15) is 0 Å². The molecule has 0 bridgehead atoms. The molecule has 0 saturated heterocycles. The second-order valence-electron chi connectivity index (χ2n) is 9.90. The first-order valence-electron chi connectivity index (χ1n) is 10.9. The quantitative estimate of drug-likeness (QED) is 0.573. The molecule has 2 aromatic heterocycles. The summed E-state index contributed by atoms with van der Waals surface area (Å²) in [6, 6.07) is 8.62. The lowest BCUT2D eigenvalue weighted by Gasteiger charge is -2.36. The van der Waals surface area contributed by atoms with Crippen molar-refractivity contribution in [3.05, 3.63) is 59.7 Å². The molecule has 29 heavy (non-hydrogen) atoms. The Morgan fingerprint density at radius 3 is 2.14 bits per heavy atom. The summed E-state index contributed by atoms with van der Waals surface area (Å²) < 4.78 is 0. The lowest BCUT2D eigenvalue weighted by Crippen LogP contribution is -2.41. The number of hydrogen-bond donors (Lipinski definition) is 0. The Balaban J connectivity index is 1.96. The third-order valence-corrected chi connectivity index (χ3v) is 5.49. The van der Waals surface area contributed by atoms with E-state index in [1.165, 1.54) is 16.8 Å². The van der Waals surface area contributed by atoms with Gasteiger partial charge >= 0.3 is 0 Å². The fourth-order valence-electron chi connectivity index (χ4n) is 3.62. The first kappa shape index (κ1) is 23.5. The van der Waals surface area contributed by atoms with E-state index in [1.807, 2.05) is 24.7 Å². The summed E-state index contributed by atoms with van der Waals surface area (Å²) in [6.07, 6.45) is 7.89. The first-order chi connectivity index (χ1) is 13.6. The van der Waals surface area contributed by atoms with E-state index >= 15 is 0 Å². The molecule has 0 aliphatic carbocycles. The highest BCUT2D eigenvalue weighted by molar-refractivity contribution is 5.17. The Kier molecular flexibility index (Phi) is 8.35. The predicted octanol–water partition coefficient (Wildman–Crippen LogP) is 5.33. The van der Waals surface area contributed by atoms with Crippen LogP contribution in [0.25, 0.3) is 0 Å². The van der Waals surface area contributed by atoms with E-state index in [4.69, 9.17) is 0 Å². The van der Waals surface area contributed by atoms with Crippen LogP contribution in [0.3, 0.4) is 0 Å². The topological polar surface area (TPSA) is 32.3 Å². The lowest BCUT2D eigenvalue weighted by molar-refractivity contribution is 0.126. The Morgan fingerprint density at radius 2 is 1.55 bits per heavy atom. The molecule has 0 unspecified atom stereocenters. The maximum atomic E-state index is 4.63. The summed E-state index contributed by atoms with van der Waals surface area (Å²) in [6.45, 7) is 19.9. The van der Waals surface area contributed by atoms with Gasteiger partial charge in [-0.2, -0.15) is 0 Å². The van der Waals surface area contributed by atoms with Gasteiger partial charge in [0, 0.05) is 48.5 Å². The van der Waals surface area contributed by atoms with E-state index < -0.39 is 0 Å². The summed E-state index contributed by atoms with van der Waals surface area (Å²) in [5.41, 5.74) is 4.12. The number of aryl methyl sites for hydroxylation is 1. The van der Waals surface area contributed by atoms with Gasteiger partial charge in [0.1, 0.15) is 0 Å². The molecule has 4 nitrogen and oxygen atoms in total. The van der Waals surface area contributed by atoms with E-state index in [2.05, 4.69) is 86.4 Å². The molecule has 160 valence electrons. The Hall–Kier alpha value is -1.78. The summed E-state index contributed by atoms with van der Waals surface area (Å²) in [5, 5.41) is 0. The fourth-order valence-corrected chi connectivity index (χ4v) is 3.62. The predicted molar refractivity (Wildman–Crippen MR) is 123 cm³/mol. The van der Waals surface area contributed by atoms with Gasteiger partial charge in [-0.25, -0.2) is 0 Å². The van der Waals surface area contributed by atoms with Crippen LogP contribution in [0, 0.1) is 0 Å². The molecule has 2 aromatic rings. The molecule has 0 radical (unpaired) electrons. The van der Waals surface area contributed by atoms with Gasteiger partial charge in [0.15, 0.2) is 0 Å². The zero-order chi connectivity index (χ0) is 21.5. The van der Waals surface area contributed by atoms with Crippen LogP contribution in [0.5, 0.6) is 0 Å². The molecule has 0 fully saturated rings. The molecule has 0 saturated carbocycles. The van der Waals surface area contributed by atoms with Crippen LogP contribution in [0.4, 0.5) is 0 Å². The highest BCUT2D eigenvalue weighted by Gasteiger charge is 2.22. The van der Waals surface area contributed by atoms with Crippen molar-refractivity contribution in [3.63, 3.8) is 0 Å². The minimum atomic E-state index is 0.124. The second-order valence-corrected chi connectivity index (χ2v) is 9.90. The molecule has 2 rings (SSSR count). The van der Waals surface area contributed by atoms with Crippen LogP contribution in [-0.2, 0) is 19.5 Å². The van der Waals surface area contributed by atoms with E-state index in [0.717, 1.165) is 39.0 Å². The van der Waals surface area contributed by atoms with Gasteiger partial charge in [0.25, 0.3) is 0 Å². The number of hydrogen-bond acceptors (Lipinski definition) is 4. The van der Waals surface area contributed by atoms with Crippen molar-refractivity contribution in [3.8, 4) is 0 Å².